The second-order valence-corrected chi connectivity index (χ2v) is 6.36. The van der Waals surface area contributed by atoms with Crippen molar-refractivity contribution in [1.82, 2.24) is 10.2 Å². The van der Waals surface area contributed by atoms with Gasteiger partial charge in [0.1, 0.15) is 0 Å². The number of carbonyl (C=O) groups excluding carboxylic acids is 1. The lowest BCUT2D eigenvalue weighted by Gasteiger charge is -2.32. The van der Waals surface area contributed by atoms with Crippen LogP contribution in [0.4, 0.5) is 0 Å². The molecule has 1 aromatic carbocycles. The van der Waals surface area contributed by atoms with Crippen molar-refractivity contribution in [3.05, 3.63) is 35.4 Å². The Morgan fingerprint density at radius 2 is 2.00 bits per heavy atom. The molecule has 0 aliphatic carbocycles. The number of carbonyl (C=O) groups is 1. The molecule has 0 bridgehead atoms. The average molecular weight is 325 g/mol. The molecule has 1 saturated heterocycles. The van der Waals surface area contributed by atoms with Crippen LogP contribution in [0.5, 0.6) is 0 Å². The largest absolute Gasteiger partial charge is 0.341 e. The Labute approximate surface area is 140 Å². The number of amides is 1. The number of halogens is 1. The molecule has 1 aromatic rings. The van der Waals surface area contributed by atoms with E-state index in [0.717, 1.165) is 25.9 Å². The smallest absolute Gasteiger partial charge is 0.222 e. The highest BCUT2D eigenvalue weighted by atomic mass is 35.5. The third kappa shape index (κ3) is 5.29. The number of aryl methyl sites for hydroxylation is 1. The van der Waals surface area contributed by atoms with E-state index in [9.17, 15) is 4.79 Å². The summed E-state index contributed by atoms with van der Waals surface area (Å²) in [4.78, 5) is 14.3. The molecule has 2 rings (SSSR count). The van der Waals surface area contributed by atoms with Crippen molar-refractivity contribution in [2.24, 2.45) is 0 Å². The number of hydrogen-bond donors (Lipinski definition) is 1. The molecule has 124 valence electrons. The second kappa shape index (κ2) is 9.16. The zero-order chi connectivity index (χ0) is 15.2. The SMILES string of the molecule is CNC1CCCN(C(=O)CCc2ccc(C(C)C)cc2)C1.Cl. The molecule has 1 atom stereocenters. The van der Waals surface area contributed by atoms with Gasteiger partial charge in [-0.15, -0.1) is 12.4 Å². The first-order chi connectivity index (χ1) is 10.1. The van der Waals surface area contributed by atoms with Gasteiger partial charge in [0.2, 0.25) is 5.91 Å². The average Bonchev–Trinajstić information content (AvgIpc) is 2.53. The molecule has 3 nitrogen and oxygen atoms in total. The Morgan fingerprint density at radius 3 is 2.59 bits per heavy atom. The van der Waals surface area contributed by atoms with Gasteiger partial charge in [0, 0.05) is 25.6 Å². The molecule has 1 aliphatic heterocycles. The molecule has 0 radical (unpaired) electrons. The number of nitrogens with one attached hydrogen (secondary N) is 1. The molecular weight excluding hydrogens is 296 g/mol. The van der Waals surface area contributed by atoms with Crippen LogP contribution in [0.1, 0.15) is 50.2 Å². The first-order valence-electron chi connectivity index (χ1n) is 8.14. The molecule has 1 aliphatic rings. The van der Waals surface area contributed by atoms with E-state index < -0.39 is 0 Å². The lowest BCUT2D eigenvalue weighted by Crippen LogP contribution is -2.47. The molecule has 4 heteroatoms. The predicted molar refractivity (Wildman–Crippen MR) is 94.8 cm³/mol. The fraction of sp³-hybridized carbons (Fsp3) is 0.611. The highest BCUT2D eigenvalue weighted by molar-refractivity contribution is 5.85. The van der Waals surface area contributed by atoms with Gasteiger partial charge in [-0.2, -0.15) is 0 Å². The van der Waals surface area contributed by atoms with Crippen molar-refractivity contribution in [3.63, 3.8) is 0 Å². The Bertz CT molecular complexity index is 459. The van der Waals surface area contributed by atoms with Crippen LogP contribution < -0.4 is 5.32 Å². The van der Waals surface area contributed by atoms with E-state index in [0.29, 0.717) is 24.3 Å². The summed E-state index contributed by atoms with van der Waals surface area (Å²) < 4.78 is 0. The summed E-state index contributed by atoms with van der Waals surface area (Å²) in [6.07, 6.45) is 3.76. The monoisotopic (exact) mass is 324 g/mol. The van der Waals surface area contributed by atoms with Gasteiger partial charge in [-0.1, -0.05) is 38.1 Å². The van der Waals surface area contributed by atoms with E-state index in [2.05, 4.69) is 43.4 Å². The van der Waals surface area contributed by atoms with Crippen molar-refractivity contribution in [2.45, 2.75) is 51.5 Å². The second-order valence-electron chi connectivity index (χ2n) is 6.36. The van der Waals surface area contributed by atoms with E-state index in [1.807, 2.05) is 11.9 Å². The molecule has 0 saturated carbocycles. The van der Waals surface area contributed by atoms with Gasteiger partial charge < -0.3 is 10.2 Å². The highest BCUT2D eigenvalue weighted by Crippen LogP contribution is 2.16. The number of nitrogens with zero attached hydrogens (tertiary/aromatic N) is 1. The van der Waals surface area contributed by atoms with Crippen molar-refractivity contribution in [2.75, 3.05) is 20.1 Å². The van der Waals surface area contributed by atoms with Gasteiger partial charge in [-0.05, 0) is 43.4 Å². The van der Waals surface area contributed by atoms with Crippen LogP contribution in [0.15, 0.2) is 24.3 Å². The Balaban J connectivity index is 0.00000242. The normalized spacial score (nSPS) is 18.2. The van der Waals surface area contributed by atoms with E-state index in [4.69, 9.17) is 0 Å². The zero-order valence-electron chi connectivity index (χ0n) is 14.0. The van der Waals surface area contributed by atoms with Gasteiger partial charge in [-0.3, -0.25) is 4.79 Å². The van der Waals surface area contributed by atoms with Crippen LogP contribution in [0.3, 0.4) is 0 Å². The summed E-state index contributed by atoms with van der Waals surface area (Å²) in [6.45, 7) is 6.19. The molecule has 22 heavy (non-hydrogen) atoms. The first kappa shape index (κ1) is 19.0. The van der Waals surface area contributed by atoms with Crippen molar-refractivity contribution in [3.8, 4) is 0 Å². The number of rotatable bonds is 5. The minimum atomic E-state index is 0. The Morgan fingerprint density at radius 1 is 1.32 bits per heavy atom. The molecule has 1 N–H and O–H groups in total. The predicted octanol–water partition coefficient (Wildman–Crippen LogP) is 3.37. The van der Waals surface area contributed by atoms with Gasteiger partial charge in [-0.25, -0.2) is 0 Å². The van der Waals surface area contributed by atoms with Gasteiger partial charge in [0.25, 0.3) is 0 Å². The topological polar surface area (TPSA) is 32.3 Å². The van der Waals surface area contributed by atoms with Crippen molar-refractivity contribution >= 4 is 18.3 Å². The first-order valence-corrected chi connectivity index (χ1v) is 8.14. The summed E-state index contributed by atoms with van der Waals surface area (Å²) in [5, 5.41) is 3.29. The maximum Gasteiger partial charge on any atom is 0.222 e. The Kier molecular flexibility index (Phi) is 7.91. The quantitative estimate of drug-likeness (QED) is 0.900. The summed E-state index contributed by atoms with van der Waals surface area (Å²) in [7, 11) is 1.98. The minimum absolute atomic E-state index is 0. The van der Waals surface area contributed by atoms with Gasteiger partial charge >= 0.3 is 0 Å². The molecule has 0 aromatic heterocycles. The molecule has 1 heterocycles. The lowest BCUT2D eigenvalue weighted by atomic mass is 10.00. The minimum Gasteiger partial charge on any atom is -0.341 e. The summed E-state index contributed by atoms with van der Waals surface area (Å²) in [6, 6.07) is 9.16. The number of likely N-dealkylation sites (tertiary alicyclic amines) is 1. The maximum absolute atomic E-state index is 12.3. The fourth-order valence-corrected chi connectivity index (χ4v) is 2.92. The van der Waals surface area contributed by atoms with Gasteiger partial charge in [0.15, 0.2) is 0 Å². The summed E-state index contributed by atoms with van der Waals surface area (Å²) in [5.74, 6) is 0.857. The van der Waals surface area contributed by atoms with Crippen LogP contribution in [0, 0.1) is 0 Å². The third-order valence-electron chi connectivity index (χ3n) is 4.46. The number of hydrogen-bond acceptors (Lipinski definition) is 2. The highest BCUT2D eigenvalue weighted by Gasteiger charge is 2.22. The number of benzene rings is 1. The zero-order valence-corrected chi connectivity index (χ0v) is 14.8. The van der Waals surface area contributed by atoms with Crippen LogP contribution >= 0.6 is 12.4 Å². The molecule has 0 spiro atoms. The number of likely N-dealkylation sites (N-methyl/N-ethyl adjacent to an activating group) is 1. The van der Waals surface area contributed by atoms with Crippen LogP contribution in [-0.2, 0) is 11.2 Å². The maximum atomic E-state index is 12.3. The summed E-state index contributed by atoms with van der Waals surface area (Å²) in [5.41, 5.74) is 2.62. The summed E-state index contributed by atoms with van der Waals surface area (Å²) >= 11 is 0. The van der Waals surface area contributed by atoms with Crippen LogP contribution in [0.2, 0.25) is 0 Å². The molecule has 1 unspecified atom stereocenters. The Hall–Kier alpha value is -1.06. The van der Waals surface area contributed by atoms with E-state index in [1.54, 1.807) is 0 Å². The standard InChI is InChI=1S/C18H28N2O.ClH/c1-14(2)16-9-6-15(7-10-16)8-11-18(21)20-12-4-5-17(13-20)19-3;/h6-7,9-10,14,17,19H,4-5,8,11-13H2,1-3H3;1H. The van der Waals surface area contributed by atoms with Crippen molar-refractivity contribution < 1.29 is 4.79 Å². The lowest BCUT2D eigenvalue weighted by molar-refractivity contribution is -0.132. The van der Waals surface area contributed by atoms with Crippen LogP contribution in [-0.4, -0.2) is 37.0 Å². The third-order valence-corrected chi connectivity index (χ3v) is 4.46. The van der Waals surface area contributed by atoms with Gasteiger partial charge in [0.05, 0.1) is 0 Å². The van der Waals surface area contributed by atoms with E-state index in [1.165, 1.54) is 17.5 Å². The van der Waals surface area contributed by atoms with E-state index in [-0.39, 0.29) is 12.4 Å². The number of piperidine rings is 1. The fourth-order valence-electron chi connectivity index (χ4n) is 2.92. The molecule has 1 amide bonds. The molecule has 1 fully saturated rings. The van der Waals surface area contributed by atoms with Crippen LogP contribution in [0.25, 0.3) is 0 Å². The molecular formula is C18H29ClN2O. The van der Waals surface area contributed by atoms with Crippen molar-refractivity contribution in [1.29, 1.82) is 0 Å². The van der Waals surface area contributed by atoms with E-state index >= 15 is 0 Å².